The average molecular weight is 329 g/mol. The van der Waals surface area contributed by atoms with Crippen LogP contribution in [0.2, 0.25) is 0 Å². The van der Waals surface area contributed by atoms with Crippen molar-refractivity contribution in [3.8, 4) is 11.5 Å². The van der Waals surface area contributed by atoms with Gasteiger partial charge in [-0.05, 0) is 40.5 Å². The summed E-state index contributed by atoms with van der Waals surface area (Å²) in [7, 11) is 0. The van der Waals surface area contributed by atoms with Crippen LogP contribution in [0.4, 0.5) is 0 Å². The van der Waals surface area contributed by atoms with Crippen LogP contribution in [0.5, 0.6) is 11.5 Å². The van der Waals surface area contributed by atoms with Crippen LogP contribution in [0.3, 0.4) is 0 Å². The van der Waals surface area contributed by atoms with Crippen molar-refractivity contribution in [2.24, 2.45) is 9.98 Å². The molecule has 1 aliphatic rings. The van der Waals surface area contributed by atoms with E-state index < -0.39 is 0 Å². The second kappa shape index (κ2) is 7.29. The van der Waals surface area contributed by atoms with Crippen LogP contribution in [0.25, 0.3) is 0 Å². The van der Waals surface area contributed by atoms with Crippen molar-refractivity contribution in [1.29, 1.82) is 0 Å². The summed E-state index contributed by atoms with van der Waals surface area (Å²) in [6, 6.07) is 5.69. The fourth-order valence-corrected chi connectivity index (χ4v) is 2.34. The Morgan fingerprint density at radius 2 is 2.25 bits per heavy atom. The Labute approximate surface area is 142 Å². The minimum atomic E-state index is -0.361. The molecule has 1 aliphatic heterocycles. The number of hydrogen-bond donors (Lipinski definition) is 1. The molecule has 1 aromatic carbocycles. The zero-order valence-corrected chi connectivity index (χ0v) is 14.5. The molecule has 0 bridgehead atoms. The number of ether oxygens (including phenoxy) is 2. The first-order valence-corrected chi connectivity index (χ1v) is 7.76. The highest BCUT2D eigenvalue weighted by Crippen LogP contribution is 2.41. The molecule has 6 heteroatoms. The number of para-hydroxylation sites is 1. The monoisotopic (exact) mass is 329 g/mol. The summed E-state index contributed by atoms with van der Waals surface area (Å²) in [5, 5.41) is 2.56. The first-order valence-electron chi connectivity index (χ1n) is 7.76. The van der Waals surface area contributed by atoms with Crippen molar-refractivity contribution in [3.63, 3.8) is 0 Å². The van der Waals surface area contributed by atoms with Crippen LogP contribution in [-0.4, -0.2) is 30.8 Å². The molecule has 1 heterocycles. The van der Waals surface area contributed by atoms with Gasteiger partial charge in [-0.1, -0.05) is 18.2 Å². The molecular formula is C18H23N3O3. The maximum Gasteiger partial charge on any atom is 0.264 e. The summed E-state index contributed by atoms with van der Waals surface area (Å²) in [6.45, 7) is 10.9. The number of aliphatic imine (C=N–C) groups is 2. The van der Waals surface area contributed by atoms with E-state index in [0.29, 0.717) is 11.5 Å². The molecule has 0 atom stereocenters. The number of guanidine groups is 1. The minimum absolute atomic E-state index is 0.148. The Morgan fingerprint density at radius 3 is 2.92 bits per heavy atom. The number of allylic oxidation sites excluding steroid dienone is 2. The van der Waals surface area contributed by atoms with Gasteiger partial charge >= 0.3 is 0 Å². The van der Waals surface area contributed by atoms with Gasteiger partial charge in [0.05, 0.1) is 0 Å². The van der Waals surface area contributed by atoms with Crippen molar-refractivity contribution in [2.75, 3.05) is 6.61 Å². The average Bonchev–Trinajstić information content (AvgIpc) is 2.86. The van der Waals surface area contributed by atoms with E-state index in [1.54, 1.807) is 19.1 Å². The van der Waals surface area contributed by atoms with E-state index in [2.05, 4.69) is 22.0 Å². The largest absolute Gasteiger partial charge is 0.483 e. The summed E-state index contributed by atoms with van der Waals surface area (Å²) >= 11 is 0. The van der Waals surface area contributed by atoms with Crippen LogP contribution in [0.1, 0.15) is 33.3 Å². The topological polar surface area (TPSA) is 72.3 Å². The lowest BCUT2D eigenvalue weighted by Gasteiger charge is -2.18. The van der Waals surface area contributed by atoms with E-state index in [-0.39, 0.29) is 24.1 Å². The number of hydrogen-bond acceptors (Lipinski definition) is 4. The number of fused-ring (bicyclic) bond motifs is 1. The lowest BCUT2D eigenvalue weighted by molar-refractivity contribution is -0.121. The second-order valence-electron chi connectivity index (χ2n) is 6.14. The van der Waals surface area contributed by atoms with E-state index >= 15 is 0 Å². The first-order chi connectivity index (χ1) is 11.3. The van der Waals surface area contributed by atoms with E-state index in [4.69, 9.17) is 9.47 Å². The fourth-order valence-electron chi connectivity index (χ4n) is 2.34. The third kappa shape index (κ3) is 4.44. The number of carbonyl (C=O) groups excluding carboxylic acids is 1. The van der Waals surface area contributed by atoms with Crippen molar-refractivity contribution in [1.82, 2.24) is 5.32 Å². The van der Waals surface area contributed by atoms with Crippen LogP contribution in [0.15, 0.2) is 40.0 Å². The Bertz CT molecular complexity index is 705. The normalized spacial score (nSPS) is 16.2. The Kier molecular flexibility index (Phi) is 5.39. The molecule has 1 amide bonds. The second-order valence-corrected chi connectivity index (χ2v) is 6.14. The molecule has 0 unspecified atom stereocenters. The zero-order chi connectivity index (χ0) is 17.7. The minimum Gasteiger partial charge on any atom is -0.483 e. The maximum atomic E-state index is 12.0. The van der Waals surface area contributed by atoms with Gasteiger partial charge in [0.25, 0.3) is 5.91 Å². The fraction of sp³-hybridized carbons (Fsp3) is 0.389. The zero-order valence-electron chi connectivity index (χ0n) is 14.5. The van der Waals surface area contributed by atoms with E-state index in [9.17, 15) is 4.79 Å². The Hall–Kier alpha value is -2.63. The third-order valence-corrected chi connectivity index (χ3v) is 3.51. The summed E-state index contributed by atoms with van der Waals surface area (Å²) < 4.78 is 11.5. The highest BCUT2D eigenvalue weighted by molar-refractivity contribution is 5.99. The molecule has 1 N–H and O–H groups in total. The first kappa shape index (κ1) is 17.7. The molecule has 6 nitrogen and oxygen atoms in total. The molecule has 0 aliphatic carbocycles. The molecule has 0 saturated carbocycles. The Balaban J connectivity index is 2.00. The maximum absolute atomic E-state index is 12.0. The highest BCUT2D eigenvalue weighted by atomic mass is 16.5. The van der Waals surface area contributed by atoms with Crippen LogP contribution < -0.4 is 14.8 Å². The van der Waals surface area contributed by atoms with Crippen molar-refractivity contribution >= 4 is 18.6 Å². The molecule has 1 aromatic rings. The van der Waals surface area contributed by atoms with Crippen LogP contribution >= 0.6 is 0 Å². The number of carbonyl (C=O) groups is 1. The predicted molar refractivity (Wildman–Crippen MR) is 94.9 cm³/mol. The quantitative estimate of drug-likeness (QED) is 0.682. The van der Waals surface area contributed by atoms with Gasteiger partial charge in [0.2, 0.25) is 5.96 Å². The van der Waals surface area contributed by atoms with Crippen molar-refractivity contribution in [3.05, 3.63) is 35.5 Å². The summed E-state index contributed by atoms with van der Waals surface area (Å²) in [5.74, 6) is 1.05. The summed E-state index contributed by atoms with van der Waals surface area (Å²) in [6.07, 6.45) is 2.62. The van der Waals surface area contributed by atoms with E-state index in [1.807, 2.05) is 32.9 Å². The number of benzene rings is 1. The summed E-state index contributed by atoms with van der Waals surface area (Å²) in [5.41, 5.74) is 1.55. The van der Waals surface area contributed by atoms with Gasteiger partial charge in [-0.2, -0.15) is 0 Å². The van der Waals surface area contributed by atoms with Gasteiger partial charge in [-0.25, -0.2) is 9.98 Å². The van der Waals surface area contributed by atoms with Gasteiger partial charge < -0.3 is 9.47 Å². The van der Waals surface area contributed by atoms with Crippen molar-refractivity contribution in [2.45, 2.75) is 39.7 Å². The number of nitrogens with one attached hydrogen (secondary N) is 1. The Morgan fingerprint density at radius 1 is 1.50 bits per heavy atom. The third-order valence-electron chi connectivity index (χ3n) is 3.51. The number of rotatable bonds is 4. The standard InChI is InChI=1S/C18H23N3O3/c1-6-12(2)20-17(19-5)21-15(22)11-23-14-9-7-8-13-10-18(3,4)24-16(13)14/h6-9H,5,10-11H2,1-4H3,(H,20,21,22)/b12-6-. The van der Waals surface area contributed by atoms with Crippen molar-refractivity contribution < 1.29 is 14.3 Å². The molecule has 0 aromatic heterocycles. The lowest BCUT2D eigenvalue weighted by atomic mass is 10.0. The van der Waals surface area contributed by atoms with Crippen LogP contribution in [0, 0.1) is 0 Å². The van der Waals surface area contributed by atoms with Gasteiger partial charge in [0.1, 0.15) is 5.60 Å². The number of nitrogens with zero attached hydrogens (tertiary/aromatic N) is 2. The molecule has 24 heavy (non-hydrogen) atoms. The lowest BCUT2D eigenvalue weighted by Crippen LogP contribution is -2.33. The SMILES string of the molecule is C=N/C(=N\C(C)=C/C)NC(=O)COc1cccc2c1OC(C)(C)C2. The molecule has 128 valence electrons. The van der Waals surface area contributed by atoms with Gasteiger partial charge in [0, 0.05) is 17.7 Å². The number of amides is 1. The molecule has 2 rings (SSSR count). The van der Waals surface area contributed by atoms with Gasteiger partial charge in [-0.3, -0.25) is 10.1 Å². The smallest absolute Gasteiger partial charge is 0.264 e. The van der Waals surface area contributed by atoms with Crippen LogP contribution in [-0.2, 0) is 11.2 Å². The van der Waals surface area contributed by atoms with Gasteiger partial charge in [-0.15, -0.1) is 0 Å². The van der Waals surface area contributed by atoms with E-state index in [0.717, 1.165) is 17.7 Å². The predicted octanol–water partition coefficient (Wildman–Crippen LogP) is 2.88. The molecule has 0 radical (unpaired) electrons. The molecular weight excluding hydrogens is 306 g/mol. The molecule has 0 saturated heterocycles. The summed E-state index contributed by atoms with van der Waals surface area (Å²) in [4.78, 5) is 19.8. The molecule has 0 fully saturated rings. The highest BCUT2D eigenvalue weighted by Gasteiger charge is 2.32. The molecule has 0 spiro atoms. The van der Waals surface area contributed by atoms with E-state index in [1.165, 1.54) is 0 Å². The van der Waals surface area contributed by atoms with Gasteiger partial charge in [0.15, 0.2) is 18.1 Å².